The third kappa shape index (κ3) is 4.15. The maximum Gasteiger partial charge on any atom is 0.0992 e. The first-order chi connectivity index (χ1) is 7.27. The van der Waals surface area contributed by atoms with Gasteiger partial charge in [0.15, 0.2) is 0 Å². The van der Waals surface area contributed by atoms with E-state index in [2.05, 4.69) is 33.6 Å². The summed E-state index contributed by atoms with van der Waals surface area (Å²) >= 11 is 5.29. The molecule has 0 amide bonds. The highest BCUT2D eigenvalue weighted by Crippen LogP contribution is 2.23. The zero-order valence-corrected chi connectivity index (χ0v) is 11.0. The molecule has 0 aliphatic heterocycles. The molecule has 80 valence electrons. The van der Waals surface area contributed by atoms with E-state index in [1.807, 2.05) is 30.0 Å². The predicted octanol–water partition coefficient (Wildman–Crippen LogP) is 3.49. The number of nitrogens with zero attached hydrogens (tertiary/aromatic N) is 1. The van der Waals surface area contributed by atoms with E-state index < -0.39 is 0 Å². The van der Waals surface area contributed by atoms with Crippen molar-refractivity contribution < 1.29 is 0 Å². The van der Waals surface area contributed by atoms with Gasteiger partial charge in [-0.2, -0.15) is 17.0 Å². The third-order valence-corrected chi connectivity index (χ3v) is 3.29. The Hall–Kier alpha value is -0.660. The summed E-state index contributed by atoms with van der Waals surface area (Å²) in [5, 5.41) is 12.0. The van der Waals surface area contributed by atoms with Gasteiger partial charge in [-0.3, -0.25) is 0 Å². The van der Waals surface area contributed by atoms with Crippen LogP contribution in [-0.4, -0.2) is 18.6 Å². The molecule has 0 heterocycles. The zero-order chi connectivity index (χ0) is 11.1. The largest absolute Gasteiger partial charge is 0.384 e. The molecule has 1 N–H and O–H groups in total. The Morgan fingerprint density at radius 1 is 1.53 bits per heavy atom. The fraction of sp³-hybridized carbons (Fsp3) is 0.364. The van der Waals surface area contributed by atoms with E-state index in [9.17, 15) is 0 Å². The van der Waals surface area contributed by atoms with Crippen LogP contribution in [-0.2, 0) is 0 Å². The Kier molecular flexibility index (Phi) is 5.59. The van der Waals surface area contributed by atoms with Crippen LogP contribution in [0.3, 0.4) is 0 Å². The predicted molar refractivity (Wildman–Crippen MR) is 70.3 cm³/mol. The zero-order valence-electron chi connectivity index (χ0n) is 8.59. The summed E-state index contributed by atoms with van der Waals surface area (Å²) in [6.07, 6.45) is 3.26. The summed E-state index contributed by atoms with van der Waals surface area (Å²) < 4.78 is 0.950. The van der Waals surface area contributed by atoms with Crippen LogP contribution in [0, 0.1) is 11.3 Å². The average Bonchev–Trinajstić information content (AvgIpc) is 2.26. The van der Waals surface area contributed by atoms with Crippen molar-refractivity contribution >= 4 is 33.4 Å². The smallest absolute Gasteiger partial charge is 0.0992 e. The molecule has 0 spiro atoms. The van der Waals surface area contributed by atoms with E-state index in [4.69, 9.17) is 5.26 Å². The maximum atomic E-state index is 8.70. The summed E-state index contributed by atoms with van der Waals surface area (Å²) in [6, 6.07) is 7.69. The number of nitrogens with one attached hydrogen (secondary N) is 1. The second-order valence-corrected chi connectivity index (χ2v) is 4.92. The number of benzene rings is 1. The van der Waals surface area contributed by atoms with E-state index in [-0.39, 0.29) is 0 Å². The maximum absolute atomic E-state index is 8.70. The number of halogens is 1. The van der Waals surface area contributed by atoms with E-state index in [0.717, 1.165) is 23.1 Å². The van der Waals surface area contributed by atoms with E-state index in [0.29, 0.717) is 5.56 Å². The van der Waals surface area contributed by atoms with Gasteiger partial charge in [0.05, 0.1) is 11.6 Å². The van der Waals surface area contributed by atoms with Gasteiger partial charge in [-0.05, 0) is 52.6 Å². The standard InChI is InChI=1S/C11H13BrN2S/c1-15-6-2-5-14-11-4-3-9(8-13)7-10(11)12/h3-4,7,14H,2,5-6H2,1H3. The molecule has 0 bridgehead atoms. The van der Waals surface area contributed by atoms with Crippen LogP contribution in [0.5, 0.6) is 0 Å². The Balaban J connectivity index is 2.52. The van der Waals surface area contributed by atoms with Crippen LogP contribution in [0.4, 0.5) is 5.69 Å². The van der Waals surface area contributed by atoms with Crippen LogP contribution in [0.25, 0.3) is 0 Å². The van der Waals surface area contributed by atoms with Crippen LogP contribution >= 0.6 is 27.7 Å². The van der Waals surface area contributed by atoms with Crippen molar-refractivity contribution in [2.75, 3.05) is 23.9 Å². The number of hydrogen-bond acceptors (Lipinski definition) is 3. The van der Waals surface area contributed by atoms with Gasteiger partial charge in [-0.1, -0.05) is 0 Å². The molecule has 0 aliphatic rings. The minimum atomic E-state index is 0.677. The highest BCUT2D eigenvalue weighted by atomic mass is 79.9. The van der Waals surface area contributed by atoms with Crippen molar-refractivity contribution in [3.63, 3.8) is 0 Å². The first kappa shape index (κ1) is 12.4. The summed E-state index contributed by atoms with van der Waals surface area (Å²) in [6.45, 7) is 0.964. The molecule has 2 nitrogen and oxygen atoms in total. The van der Waals surface area contributed by atoms with Crippen molar-refractivity contribution in [1.29, 1.82) is 5.26 Å². The monoisotopic (exact) mass is 284 g/mol. The molecule has 1 aromatic rings. The fourth-order valence-corrected chi connectivity index (χ4v) is 2.12. The fourth-order valence-electron chi connectivity index (χ4n) is 1.17. The Bertz CT molecular complexity index is 360. The lowest BCUT2D eigenvalue weighted by Gasteiger charge is -2.07. The molecule has 15 heavy (non-hydrogen) atoms. The van der Waals surface area contributed by atoms with Crippen molar-refractivity contribution in [2.45, 2.75) is 6.42 Å². The van der Waals surface area contributed by atoms with Crippen LogP contribution < -0.4 is 5.32 Å². The molecular weight excluding hydrogens is 272 g/mol. The first-order valence-electron chi connectivity index (χ1n) is 4.70. The first-order valence-corrected chi connectivity index (χ1v) is 6.89. The summed E-state index contributed by atoms with van der Waals surface area (Å²) in [7, 11) is 0. The number of anilines is 1. The summed E-state index contributed by atoms with van der Waals surface area (Å²) in [5.74, 6) is 1.17. The number of nitriles is 1. The topological polar surface area (TPSA) is 35.8 Å². The van der Waals surface area contributed by atoms with Crippen molar-refractivity contribution in [1.82, 2.24) is 0 Å². The van der Waals surface area contributed by atoms with Gasteiger partial charge >= 0.3 is 0 Å². The van der Waals surface area contributed by atoms with Crippen LogP contribution in [0.2, 0.25) is 0 Å². The van der Waals surface area contributed by atoms with Crippen molar-refractivity contribution in [3.8, 4) is 6.07 Å². The van der Waals surface area contributed by atoms with Gasteiger partial charge in [0, 0.05) is 16.7 Å². The quantitative estimate of drug-likeness (QED) is 0.841. The molecule has 0 fully saturated rings. The highest BCUT2D eigenvalue weighted by Gasteiger charge is 1.99. The lowest BCUT2D eigenvalue weighted by molar-refractivity contribution is 0.992. The molecule has 4 heteroatoms. The van der Waals surface area contributed by atoms with Gasteiger partial charge in [0.2, 0.25) is 0 Å². The number of rotatable bonds is 5. The summed E-state index contributed by atoms with van der Waals surface area (Å²) in [5.41, 5.74) is 1.73. The normalized spacial score (nSPS) is 9.67. The molecule has 0 saturated carbocycles. The SMILES string of the molecule is CSCCCNc1ccc(C#N)cc1Br. The van der Waals surface area contributed by atoms with Gasteiger partial charge in [0.1, 0.15) is 0 Å². The van der Waals surface area contributed by atoms with Gasteiger partial charge < -0.3 is 5.32 Å². The lowest BCUT2D eigenvalue weighted by atomic mass is 10.2. The van der Waals surface area contributed by atoms with Crippen LogP contribution in [0.1, 0.15) is 12.0 Å². The van der Waals surface area contributed by atoms with Crippen LogP contribution in [0.15, 0.2) is 22.7 Å². The Morgan fingerprint density at radius 3 is 2.93 bits per heavy atom. The lowest BCUT2D eigenvalue weighted by Crippen LogP contribution is -2.03. The third-order valence-electron chi connectivity index (χ3n) is 1.94. The van der Waals surface area contributed by atoms with Gasteiger partial charge in [-0.25, -0.2) is 0 Å². The second kappa shape index (κ2) is 6.76. The minimum Gasteiger partial charge on any atom is -0.384 e. The molecule has 0 aromatic heterocycles. The molecule has 0 unspecified atom stereocenters. The Morgan fingerprint density at radius 2 is 2.33 bits per heavy atom. The van der Waals surface area contributed by atoms with E-state index >= 15 is 0 Å². The van der Waals surface area contributed by atoms with Gasteiger partial charge in [-0.15, -0.1) is 0 Å². The number of thioether (sulfide) groups is 1. The molecule has 0 saturated heterocycles. The molecule has 1 rings (SSSR count). The molecule has 0 atom stereocenters. The highest BCUT2D eigenvalue weighted by molar-refractivity contribution is 9.10. The van der Waals surface area contributed by atoms with E-state index in [1.54, 1.807) is 0 Å². The van der Waals surface area contributed by atoms with Gasteiger partial charge in [0.25, 0.3) is 0 Å². The Labute approximate surface area is 103 Å². The molecule has 0 aliphatic carbocycles. The van der Waals surface area contributed by atoms with E-state index in [1.165, 1.54) is 5.75 Å². The minimum absolute atomic E-state index is 0.677. The summed E-state index contributed by atoms with van der Waals surface area (Å²) in [4.78, 5) is 0. The molecule has 1 aromatic carbocycles. The molecular formula is C11H13BrN2S. The average molecular weight is 285 g/mol. The number of hydrogen-bond donors (Lipinski definition) is 1. The van der Waals surface area contributed by atoms with Crippen molar-refractivity contribution in [2.24, 2.45) is 0 Å². The molecule has 0 radical (unpaired) electrons. The second-order valence-electron chi connectivity index (χ2n) is 3.08. The van der Waals surface area contributed by atoms with Crippen molar-refractivity contribution in [3.05, 3.63) is 28.2 Å².